The molecule has 0 bridgehead atoms. The molecule has 1 aliphatic carbocycles. The summed E-state index contributed by atoms with van der Waals surface area (Å²) in [6.07, 6.45) is 4.69. The van der Waals surface area contributed by atoms with Crippen molar-refractivity contribution in [2.24, 2.45) is 5.92 Å². The Kier molecular flexibility index (Phi) is 5.90. The smallest absolute Gasteiger partial charge is 0.251 e. The fourth-order valence-electron chi connectivity index (χ4n) is 3.43. The molecule has 0 unspecified atom stereocenters. The number of benzene rings is 1. The molecular weight excluding hydrogens is 374 g/mol. The molecule has 1 saturated heterocycles. The minimum Gasteiger partial charge on any atom is -0.490 e. The molecule has 1 N–H and O–H groups in total. The zero-order valence-corrected chi connectivity index (χ0v) is 16.6. The van der Waals surface area contributed by atoms with Crippen LogP contribution in [0.3, 0.4) is 0 Å². The predicted molar refractivity (Wildman–Crippen MR) is 108 cm³/mol. The molecule has 1 aromatic heterocycles. The Morgan fingerprint density at radius 3 is 2.54 bits per heavy atom. The van der Waals surface area contributed by atoms with E-state index in [4.69, 9.17) is 4.74 Å². The van der Waals surface area contributed by atoms with Gasteiger partial charge >= 0.3 is 0 Å². The highest BCUT2D eigenvalue weighted by molar-refractivity contribution is 7.07. The van der Waals surface area contributed by atoms with Gasteiger partial charge in [0.2, 0.25) is 5.91 Å². The van der Waals surface area contributed by atoms with E-state index < -0.39 is 0 Å². The van der Waals surface area contributed by atoms with E-state index in [1.165, 1.54) is 0 Å². The SMILES string of the molecule is O=C(NCCc1cscn1)c1ccc(OC2CCN(C(=O)C3CC3)CC2)cc1. The number of rotatable bonds is 7. The van der Waals surface area contributed by atoms with Crippen LogP contribution in [0.25, 0.3) is 0 Å². The van der Waals surface area contributed by atoms with E-state index in [-0.39, 0.29) is 17.9 Å². The minimum atomic E-state index is -0.0892. The molecule has 2 amide bonds. The van der Waals surface area contributed by atoms with Crippen LogP contribution in [0.1, 0.15) is 41.7 Å². The Labute approximate surface area is 168 Å². The van der Waals surface area contributed by atoms with E-state index in [2.05, 4.69) is 10.3 Å². The second kappa shape index (κ2) is 8.73. The number of hydrogen-bond acceptors (Lipinski definition) is 5. The van der Waals surface area contributed by atoms with Crippen LogP contribution in [-0.2, 0) is 11.2 Å². The Morgan fingerprint density at radius 2 is 1.89 bits per heavy atom. The number of amides is 2. The summed E-state index contributed by atoms with van der Waals surface area (Å²) in [5.74, 6) is 1.29. The number of carbonyl (C=O) groups is 2. The van der Waals surface area contributed by atoms with Crippen molar-refractivity contribution >= 4 is 23.2 Å². The third-order valence-electron chi connectivity index (χ3n) is 5.25. The molecule has 148 valence electrons. The van der Waals surface area contributed by atoms with Gasteiger partial charge in [0, 0.05) is 55.8 Å². The maximum atomic E-state index is 12.2. The van der Waals surface area contributed by atoms with Crippen molar-refractivity contribution in [1.82, 2.24) is 15.2 Å². The molecule has 28 heavy (non-hydrogen) atoms. The van der Waals surface area contributed by atoms with Gasteiger partial charge in [-0.1, -0.05) is 0 Å². The normalized spacial score (nSPS) is 17.4. The van der Waals surface area contributed by atoms with Crippen LogP contribution in [0, 0.1) is 5.92 Å². The van der Waals surface area contributed by atoms with Crippen LogP contribution in [0.4, 0.5) is 0 Å². The fraction of sp³-hybridized carbons (Fsp3) is 0.476. The first-order valence-electron chi connectivity index (χ1n) is 9.90. The quantitative estimate of drug-likeness (QED) is 0.777. The van der Waals surface area contributed by atoms with Crippen molar-refractivity contribution in [3.05, 3.63) is 46.4 Å². The van der Waals surface area contributed by atoms with Crippen LogP contribution in [0.15, 0.2) is 35.2 Å². The predicted octanol–water partition coefficient (Wildman–Crippen LogP) is 2.90. The minimum absolute atomic E-state index is 0.0892. The highest BCUT2D eigenvalue weighted by atomic mass is 32.1. The molecule has 2 aliphatic rings. The number of thiazole rings is 1. The number of nitrogens with zero attached hydrogens (tertiary/aromatic N) is 2. The zero-order valence-electron chi connectivity index (χ0n) is 15.8. The van der Waals surface area contributed by atoms with Crippen LogP contribution in [0.2, 0.25) is 0 Å². The summed E-state index contributed by atoms with van der Waals surface area (Å²) in [5, 5.41) is 4.91. The number of aromatic nitrogens is 1. The number of ether oxygens (including phenoxy) is 1. The molecule has 2 heterocycles. The summed E-state index contributed by atoms with van der Waals surface area (Å²) in [7, 11) is 0. The van der Waals surface area contributed by atoms with Gasteiger partial charge in [-0.3, -0.25) is 9.59 Å². The van der Waals surface area contributed by atoms with Crippen LogP contribution in [-0.4, -0.2) is 47.4 Å². The van der Waals surface area contributed by atoms with Crippen molar-refractivity contribution in [3.8, 4) is 5.75 Å². The van der Waals surface area contributed by atoms with Gasteiger partial charge in [0.05, 0.1) is 11.2 Å². The summed E-state index contributed by atoms with van der Waals surface area (Å²) in [6, 6.07) is 7.27. The number of carbonyl (C=O) groups excluding carboxylic acids is 2. The largest absolute Gasteiger partial charge is 0.490 e. The van der Waals surface area contributed by atoms with Crippen LogP contribution < -0.4 is 10.1 Å². The van der Waals surface area contributed by atoms with Crippen molar-refractivity contribution < 1.29 is 14.3 Å². The average Bonchev–Trinajstić information content (AvgIpc) is 3.45. The van der Waals surface area contributed by atoms with Crippen molar-refractivity contribution in [1.29, 1.82) is 0 Å². The first-order valence-corrected chi connectivity index (χ1v) is 10.8. The molecule has 0 radical (unpaired) electrons. The van der Waals surface area contributed by atoms with Gasteiger partial charge in [0.1, 0.15) is 11.9 Å². The monoisotopic (exact) mass is 399 g/mol. The lowest BCUT2D eigenvalue weighted by Crippen LogP contribution is -2.42. The Balaban J connectivity index is 1.21. The third-order valence-corrected chi connectivity index (χ3v) is 5.88. The van der Waals surface area contributed by atoms with E-state index in [1.54, 1.807) is 29.0 Å². The van der Waals surface area contributed by atoms with Crippen molar-refractivity contribution in [2.75, 3.05) is 19.6 Å². The highest BCUT2D eigenvalue weighted by Crippen LogP contribution is 2.32. The Bertz CT molecular complexity index is 795. The van der Waals surface area contributed by atoms with Gasteiger partial charge in [0.15, 0.2) is 0 Å². The standard InChI is InChI=1S/C21H25N3O3S/c25-20(22-10-7-17-13-28-14-23-17)15-3-5-18(6-4-15)27-19-8-11-24(12-9-19)21(26)16-1-2-16/h3-6,13-14,16,19H,1-2,7-12H2,(H,22,25). The van der Waals surface area contributed by atoms with Gasteiger partial charge in [-0.25, -0.2) is 4.98 Å². The van der Waals surface area contributed by atoms with E-state index in [0.29, 0.717) is 18.0 Å². The fourth-order valence-corrected chi connectivity index (χ4v) is 4.02. The molecule has 0 atom stereocenters. The van der Waals surface area contributed by atoms with Crippen LogP contribution in [0.5, 0.6) is 5.75 Å². The Hall–Kier alpha value is -2.41. The third kappa shape index (κ3) is 4.90. The van der Waals surface area contributed by atoms with Crippen molar-refractivity contribution in [2.45, 2.75) is 38.2 Å². The molecule has 1 saturated carbocycles. The maximum Gasteiger partial charge on any atom is 0.251 e. The maximum absolute atomic E-state index is 12.2. The van der Waals surface area contributed by atoms with E-state index >= 15 is 0 Å². The first-order chi connectivity index (χ1) is 13.7. The van der Waals surface area contributed by atoms with E-state index in [1.807, 2.05) is 22.4 Å². The molecule has 4 rings (SSSR count). The number of nitrogens with one attached hydrogen (secondary N) is 1. The second-order valence-corrected chi connectivity index (χ2v) is 8.15. The lowest BCUT2D eigenvalue weighted by atomic mass is 10.1. The summed E-state index contributed by atoms with van der Waals surface area (Å²) < 4.78 is 6.05. The average molecular weight is 400 g/mol. The van der Waals surface area contributed by atoms with Gasteiger partial charge in [0.25, 0.3) is 5.91 Å². The van der Waals surface area contributed by atoms with Crippen LogP contribution >= 0.6 is 11.3 Å². The molecular formula is C21H25N3O3S. The molecule has 7 heteroatoms. The lowest BCUT2D eigenvalue weighted by molar-refractivity contribution is -0.134. The van der Waals surface area contributed by atoms with Gasteiger partial charge in [-0.15, -0.1) is 11.3 Å². The summed E-state index contributed by atoms with van der Waals surface area (Å²) in [5.41, 5.74) is 3.42. The topological polar surface area (TPSA) is 71.5 Å². The number of hydrogen-bond donors (Lipinski definition) is 1. The summed E-state index contributed by atoms with van der Waals surface area (Å²) >= 11 is 1.56. The molecule has 6 nitrogen and oxygen atoms in total. The van der Waals surface area contributed by atoms with Gasteiger partial charge in [-0.05, 0) is 37.1 Å². The second-order valence-electron chi connectivity index (χ2n) is 7.43. The van der Waals surface area contributed by atoms with E-state index in [0.717, 1.165) is 56.6 Å². The molecule has 2 fully saturated rings. The van der Waals surface area contributed by atoms with Gasteiger partial charge < -0.3 is 15.0 Å². The number of likely N-dealkylation sites (tertiary alicyclic amines) is 1. The van der Waals surface area contributed by atoms with Gasteiger partial charge in [-0.2, -0.15) is 0 Å². The molecule has 0 spiro atoms. The Morgan fingerprint density at radius 1 is 1.14 bits per heavy atom. The zero-order chi connectivity index (χ0) is 19.3. The molecule has 2 aromatic rings. The number of piperidine rings is 1. The van der Waals surface area contributed by atoms with Crippen molar-refractivity contribution in [3.63, 3.8) is 0 Å². The summed E-state index contributed by atoms with van der Waals surface area (Å²) in [4.78, 5) is 30.5. The highest BCUT2D eigenvalue weighted by Gasteiger charge is 2.35. The van der Waals surface area contributed by atoms with E-state index in [9.17, 15) is 9.59 Å². The first kappa shape index (κ1) is 18.9. The summed E-state index contributed by atoms with van der Waals surface area (Å²) in [6.45, 7) is 2.12. The molecule has 1 aromatic carbocycles. The lowest BCUT2D eigenvalue weighted by Gasteiger charge is -2.32. The molecule has 1 aliphatic heterocycles.